The molecule has 25 heavy (non-hydrogen) atoms. The fourth-order valence-electron chi connectivity index (χ4n) is 2.16. The van der Waals surface area contributed by atoms with Crippen molar-refractivity contribution >= 4 is 14.6 Å². The molecule has 0 unspecified atom stereocenters. The molecule has 0 bridgehead atoms. The monoisotopic (exact) mass is 366 g/mol. The first-order valence-corrected chi connectivity index (χ1v) is 11.9. The molecule has 1 rings (SSSR count). The van der Waals surface area contributed by atoms with Crippen LogP contribution >= 0.6 is 0 Å². The lowest BCUT2D eigenvalue weighted by atomic mass is 10.0. The first-order valence-electron chi connectivity index (χ1n) is 8.94. The third-order valence-electron chi connectivity index (χ3n) is 5.10. The number of aldehydes is 1. The SMILES string of the molecule is COc1ccc(CO[C@@H](CCO[Si](C)(C)C(C)(C)C)[C@H](C)C=O)cc1. The van der Waals surface area contributed by atoms with Crippen LogP contribution in [0.1, 0.15) is 39.7 Å². The molecule has 0 aromatic heterocycles. The Kier molecular flexibility index (Phi) is 8.31. The molecule has 0 fully saturated rings. The normalized spacial score (nSPS) is 14.8. The van der Waals surface area contributed by atoms with Gasteiger partial charge in [0.2, 0.25) is 0 Å². The molecule has 0 aliphatic rings. The van der Waals surface area contributed by atoms with Crippen LogP contribution in [0.3, 0.4) is 0 Å². The van der Waals surface area contributed by atoms with Crippen LogP contribution in [0.2, 0.25) is 18.1 Å². The number of carbonyl (C=O) groups excluding carboxylic acids is 1. The van der Waals surface area contributed by atoms with Gasteiger partial charge in [-0.15, -0.1) is 0 Å². The van der Waals surface area contributed by atoms with Crippen molar-refractivity contribution in [3.05, 3.63) is 29.8 Å². The molecule has 1 aromatic rings. The topological polar surface area (TPSA) is 44.8 Å². The molecule has 0 N–H and O–H groups in total. The Labute approximate surface area is 154 Å². The molecule has 142 valence electrons. The first kappa shape index (κ1) is 21.9. The summed E-state index contributed by atoms with van der Waals surface area (Å²) < 4.78 is 17.4. The van der Waals surface area contributed by atoms with Crippen molar-refractivity contribution in [1.82, 2.24) is 0 Å². The molecule has 0 spiro atoms. The van der Waals surface area contributed by atoms with E-state index < -0.39 is 8.32 Å². The van der Waals surface area contributed by atoms with Gasteiger partial charge < -0.3 is 18.7 Å². The zero-order valence-corrected chi connectivity index (χ0v) is 17.8. The van der Waals surface area contributed by atoms with Crippen LogP contribution in [0, 0.1) is 5.92 Å². The van der Waals surface area contributed by atoms with E-state index in [0.29, 0.717) is 13.2 Å². The highest BCUT2D eigenvalue weighted by Crippen LogP contribution is 2.36. The third-order valence-corrected chi connectivity index (χ3v) is 9.63. The second-order valence-corrected chi connectivity index (χ2v) is 12.9. The third kappa shape index (κ3) is 6.92. The lowest BCUT2D eigenvalue weighted by Crippen LogP contribution is -2.41. The van der Waals surface area contributed by atoms with Crippen molar-refractivity contribution in [3.63, 3.8) is 0 Å². The van der Waals surface area contributed by atoms with Gasteiger partial charge in [0.25, 0.3) is 0 Å². The molecular weight excluding hydrogens is 332 g/mol. The zero-order chi connectivity index (χ0) is 19.1. The Morgan fingerprint density at radius 2 is 1.76 bits per heavy atom. The molecule has 2 atom stereocenters. The minimum absolute atomic E-state index is 0.135. The number of hydrogen-bond donors (Lipinski definition) is 0. The van der Waals surface area contributed by atoms with Gasteiger partial charge in [0.05, 0.1) is 19.8 Å². The van der Waals surface area contributed by atoms with E-state index in [9.17, 15) is 4.79 Å². The average Bonchev–Trinajstić information content (AvgIpc) is 2.56. The molecular formula is C20H34O4Si. The van der Waals surface area contributed by atoms with Crippen LogP contribution in [-0.2, 0) is 20.6 Å². The minimum Gasteiger partial charge on any atom is -0.497 e. The predicted molar refractivity (Wildman–Crippen MR) is 105 cm³/mol. The van der Waals surface area contributed by atoms with Gasteiger partial charge in [-0.25, -0.2) is 0 Å². The van der Waals surface area contributed by atoms with Crippen LogP contribution < -0.4 is 4.74 Å². The number of methoxy groups -OCH3 is 1. The number of benzene rings is 1. The number of hydrogen-bond acceptors (Lipinski definition) is 4. The van der Waals surface area contributed by atoms with E-state index >= 15 is 0 Å². The zero-order valence-electron chi connectivity index (χ0n) is 16.8. The van der Waals surface area contributed by atoms with E-state index in [4.69, 9.17) is 13.9 Å². The Balaban J connectivity index is 2.58. The van der Waals surface area contributed by atoms with Crippen molar-refractivity contribution in [2.24, 2.45) is 5.92 Å². The Morgan fingerprint density at radius 3 is 2.24 bits per heavy atom. The van der Waals surface area contributed by atoms with Gasteiger partial charge in [0.15, 0.2) is 8.32 Å². The standard InChI is InChI=1S/C20H34O4Si/c1-16(14-21)19(12-13-24-25(6,7)20(2,3)4)23-15-17-8-10-18(22-5)11-9-17/h8-11,14,16,19H,12-13,15H2,1-7H3/t16-,19+/m1/s1. The van der Waals surface area contributed by atoms with E-state index in [2.05, 4.69) is 33.9 Å². The lowest BCUT2D eigenvalue weighted by Gasteiger charge is -2.36. The Bertz CT molecular complexity index is 519. The van der Waals surface area contributed by atoms with Gasteiger partial charge >= 0.3 is 0 Å². The van der Waals surface area contributed by atoms with E-state index in [0.717, 1.165) is 24.0 Å². The maximum absolute atomic E-state index is 11.2. The Hall–Kier alpha value is -1.17. The van der Waals surface area contributed by atoms with Gasteiger partial charge in [-0.2, -0.15) is 0 Å². The van der Waals surface area contributed by atoms with Gasteiger partial charge in [-0.05, 0) is 42.2 Å². The molecule has 0 aliphatic heterocycles. The molecule has 1 aromatic carbocycles. The molecule has 0 saturated heterocycles. The van der Waals surface area contributed by atoms with Gasteiger partial charge in [0, 0.05) is 12.5 Å². The van der Waals surface area contributed by atoms with Crippen LogP contribution in [0.5, 0.6) is 5.75 Å². The van der Waals surface area contributed by atoms with E-state index in [1.54, 1.807) is 7.11 Å². The fourth-order valence-corrected chi connectivity index (χ4v) is 3.22. The number of ether oxygens (including phenoxy) is 2. The van der Waals surface area contributed by atoms with Gasteiger partial charge in [-0.3, -0.25) is 0 Å². The molecule has 4 nitrogen and oxygen atoms in total. The van der Waals surface area contributed by atoms with Crippen LogP contribution in [0.4, 0.5) is 0 Å². The van der Waals surface area contributed by atoms with Gasteiger partial charge in [0.1, 0.15) is 12.0 Å². The molecule has 0 aliphatic carbocycles. The van der Waals surface area contributed by atoms with Crippen LogP contribution in [0.15, 0.2) is 24.3 Å². The summed E-state index contributed by atoms with van der Waals surface area (Å²) in [5.74, 6) is 0.672. The highest BCUT2D eigenvalue weighted by molar-refractivity contribution is 6.74. The van der Waals surface area contributed by atoms with Crippen molar-refractivity contribution in [1.29, 1.82) is 0 Å². The maximum Gasteiger partial charge on any atom is 0.191 e. The van der Waals surface area contributed by atoms with Crippen molar-refractivity contribution in [2.45, 2.75) is 65.0 Å². The second-order valence-electron chi connectivity index (χ2n) is 8.09. The number of carbonyl (C=O) groups is 1. The van der Waals surface area contributed by atoms with Crippen LogP contribution in [-0.4, -0.2) is 34.4 Å². The average molecular weight is 367 g/mol. The minimum atomic E-state index is -1.77. The highest BCUT2D eigenvalue weighted by Gasteiger charge is 2.37. The molecule has 0 radical (unpaired) electrons. The summed E-state index contributed by atoms with van der Waals surface area (Å²) in [6.45, 7) is 14.2. The Morgan fingerprint density at radius 1 is 1.16 bits per heavy atom. The summed E-state index contributed by atoms with van der Waals surface area (Å²) in [5, 5.41) is 0.183. The summed E-state index contributed by atoms with van der Waals surface area (Å²) in [6, 6.07) is 7.79. The summed E-state index contributed by atoms with van der Waals surface area (Å²) in [4.78, 5) is 11.2. The van der Waals surface area contributed by atoms with E-state index in [-0.39, 0.29) is 17.1 Å². The second kappa shape index (κ2) is 9.50. The summed E-state index contributed by atoms with van der Waals surface area (Å²) in [7, 11) is -0.123. The quantitative estimate of drug-likeness (QED) is 0.439. The first-order chi connectivity index (χ1) is 11.6. The molecule has 0 heterocycles. The fraction of sp³-hybridized carbons (Fsp3) is 0.650. The largest absolute Gasteiger partial charge is 0.497 e. The van der Waals surface area contributed by atoms with Crippen LogP contribution in [0.25, 0.3) is 0 Å². The highest BCUT2D eigenvalue weighted by atomic mass is 28.4. The van der Waals surface area contributed by atoms with E-state index in [1.807, 2.05) is 31.2 Å². The summed E-state index contributed by atoms with van der Waals surface area (Å²) >= 11 is 0. The predicted octanol–water partition coefficient (Wildman–Crippen LogP) is 4.83. The lowest BCUT2D eigenvalue weighted by molar-refractivity contribution is -0.116. The van der Waals surface area contributed by atoms with Crippen molar-refractivity contribution in [2.75, 3.05) is 13.7 Å². The maximum atomic E-state index is 11.2. The van der Waals surface area contributed by atoms with Crippen molar-refractivity contribution in [3.8, 4) is 5.75 Å². The molecule has 0 saturated carbocycles. The van der Waals surface area contributed by atoms with Gasteiger partial charge in [-0.1, -0.05) is 39.8 Å². The molecule has 5 heteroatoms. The smallest absolute Gasteiger partial charge is 0.191 e. The molecule has 0 amide bonds. The summed E-state index contributed by atoms with van der Waals surface area (Å²) in [6.07, 6.45) is 1.55. The number of rotatable bonds is 10. The van der Waals surface area contributed by atoms with Crippen molar-refractivity contribution < 1.29 is 18.7 Å². The summed E-state index contributed by atoms with van der Waals surface area (Å²) in [5.41, 5.74) is 1.06. The van der Waals surface area contributed by atoms with E-state index in [1.165, 1.54) is 0 Å².